The summed E-state index contributed by atoms with van der Waals surface area (Å²) in [6, 6.07) is 0. The standard InChI is InChI=1S/C2Cl7OP/c3-1(4,5)11(9,10)2(6,7)8. The van der Waals surface area contributed by atoms with E-state index in [1.807, 2.05) is 0 Å². The molecule has 0 rings (SSSR count). The van der Waals surface area contributed by atoms with Crippen LogP contribution in [0.2, 0.25) is 0 Å². The van der Waals surface area contributed by atoms with E-state index in [1.54, 1.807) is 0 Å². The zero-order chi connectivity index (χ0) is 9.50. The van der Waals surface area contributed by atoms with Crippen LogP contribution < -0.4 is 0 Å². The molecule has 0 atom stereocenters. The van der Waals surface area contributed by atoms with Crippen molar-refractivity contribution in [2.24, 2.45) is 0 Å². The summed E-state index contributed by atoms with van der Waals surface area (Å²) in [4.78, 5) is 0. The van der Waals surface area contributed by atoms with E-state index in [9.17, 15) is 4.57 Å². The number of halogens is 7. The molecule has 0 aromatic heterocycles. The smallest absolute Gasteiger partial charge is 0.267 e. The Morgan fingerprint density at radius 3 is 1.00 bits per heavy atom. The third-order valence-electron chi connectivity index (χ3n) is 0.652. The normalized spacial score (nSPS) is 15.2. The molecule has 0 aliphatic carbocycles. The molecule has 0 saturated carbocycles. The summed E-state index contributed by atoms with van der Waals surface area (Å²) in [6.07, 6.45) is 0. The Morgan fingerprint density at radius 2 is 1.00 bits per heavy atom. The largest absolute Gasteiger partial charge is 0.298 e. The summed E-state index contributed by atoms with van der Waals surface area (Å²) in [6.45, 7) is -4.00. The molecule has 0 aliphatic rings. The molecule has 9 heteroatoms. The Bertz CT molecular complexity index is 170. The van der Waals surface area contributed by atoms with Crippen molar-refractivity contribution in [2.45, 2.75) is 7.07 Å². The third kappa shape index (κ3) is 3.14. The van der Waals surface area contributed by atoms with Crippen LogP contribution >= 0.6 is 87.3 Å². The third-order valence-corrected chi connectivity index (χ3v) is 9.32. The summed E-state index contributed by atoms with van der Waals surface area (Å²) in [5, 5.41) is 0. The lowest BCUT2D eigenvalue weighted by Gasteiger charge is -2.24. The van der Waals surface area contributed by atoms with Gasteiger partial charge in [-0.15, -0.1) is 0 Å². The van der Waals surface area contributed by atoms with Gasteiger partial charge in [-0.05, 0) is 11.2 Å². The molecule has 0 aromatic rings. The first-order valence-corrected chi connectivity index (χ1v) is 6.81. The van der Waals surface area contributed by atoms with Gasteiger partial charge in [0, 0.05) is 0 Å². The molecule has 0 spiro atoms. The van der Waals surface area contributed by atoms with Crippen molar-refractivity contribution in [2.75, 3.05) is 0 Å². The van der Waals surface area contributed by atoms with Crippen LogP contribution in [0.1, 0.15) is 0 Å². The van der Waals surface area contributed by atoms with E-state index in [0.717, 1.165) is 0 Å². The van der Waals surface area contributed by atoms with Gasteiger partial charge in [-0.2, -0.15) is 0 Å². The summed E-state index contributed by atoms with van der Waals surface area (Å²) in [5.41, 5.74) is 0. The molecule has 0 N–H and O–H groups in total. The van der Waals surface area contributed by atoms with Gasteiger partial charge in [0.15, 0.2) is 0 Å². The molecule has 0 heterocycles. The van der Waals surface area contributed by atoms with E-state index in [2.05, 4.69) is 0 Å². The maximum absolute atomic E-state index is 11.2. The number of hydrogen-bond donors (Lipinski definition) is 0. The van der Waals surface area contributed by atoms with Crippen molar-refractivity contribution in [3.05, 3.63) is 0 Å². The van der Waals surface area contributed by atoms with Gasteiger partial charge in [-0.3, -0.25) is 4.57 Å². The van der Waals surface area contributed by atoms with Gasteiger partial charge >= 0.3 is 0 Å². The highest BCUT2D eigenvalue weighted by atomic mass is 35.7. The molecular formula is C2Cl7OP. The minimum atomic E-state index is -4.00. The van der Waals surface area contributed by atoms with E-state index in [1.165, 1.54) is 0 Å². The number of hydrogen-bond acceptors (Lipinski definition) is 1. The van der Waals surface area contributed by atoms with Crippen molar-refractivity contribution < 1.29 is 4.57 Å². The number of rotatable bonds is 0. The van der Waals surface area contributed by atoms with Crippen LogP contribution in [0.4, 0.5) is 0 Å². The van der Waals surface area contributed by atoms with E-state index in [0.29, 0.717) is 0 Å². The molecule has 0 radical (unpaired) electrons. The first-order valence-electron chi connectivity index (χ1n) is 1.93. The highest BCUT2D eigenvalue weighted by Gasteiger charge is 2.56. The van der Waals surface area contributed by atoms with Gasteiger partial charge < -0.3 is 0 Å². The van der Waals surface area contributed by atoms with Crippen LogP contribution in [0.5, 0.6) is 0 Å². The van der Waals surface area contributed by atoms with Gasteiger partial charge in [-0.1, -0.05) is 69.6 Å². The molecule has 0 unspecified atom stereocenters. The Morgan fingerprint density at radius 1 is 0.818 bits per heavy atom. The van der Waals surface area contributed by atoms with Crippen molar-refractivity contribution in [3.63, 3.8) is 0 Å². The Hall–Kier alpha value is 2.26. The van der Waals surface area contributed by atoms with Crippen molar-refractivity contribution in [1.29, 1.82) is 0 Å². The monoisotopic (exact) mass is 316 g/mol. The zero-order valence-electron chi connectivity index (χ0n) is 4.50. The molecular weight excluding hydrogens is 319 g/mol. The first-order chi connectivity index (χ1) is 4.50. The van der Waals surface area contributed by atoms with Crippen molar-refractivity contribution in [1.82, 2.24) is 0 Å². The van der Waals surface area contributed by atoms with Crippen LogP contribution in [0.15, 0.2) is 0 Å². The molecule has 0 aliphatic heterocycles. The molecule has 0 saturated heterocycles. The van der Waals surface area contributed by atoms with Gasteiger partial charge in [0.2, 0.25) is 0 Å². The van der Waals surface area contributed by atoms with E-state index in [4.69, 9.17) is 80.8 Å². The first kappa shape index (κ1) is 13.3. The summed E-state index contributed by atoms with van der Waals surface area (Å²) >= 11 is 36.4. The predicted molar refractivity (Wildman–Crippen MR) is 54.0 cm³/mol. The number of alkyl halides is 6. The molecule has 0 aromatic carbocycles. The lowest BCUT2D eigenvalue weighted by molar-refractivity contribution is 0.584. The van der Waals surface area contributed by atoms with Gasteiger partial charge in [0.25, 0.3) is 13.6 Å². The summed E-state index contributed by atoms with van der Waals surface area (Å²) in [5.74, 6) is 0. The zero-order valence-corrected chi connectivity index (χ0v) is 10.7. The van der Waals surface area contributed by atoms with Gasteiger partial charge in [0.1, 0.15) is 0 Å². The maximum atomic E-state index is 11.2. The highest BCUT2D eigenvalue weighted by molar-refractivity contribution is 7.98. The Kier molecular flexibility index (Phi) is 4.56. The van der Waals surface area contributed by atoms with Crippen LogP contribution in [0, 0.1) is 0 Å². The lowest BCUT2D eigenvalue weighted by atomic mass is 11.8. The average Bonchev–Trinajstić information content (AvgIpc) is 1.58. The average molecular weight is 319 g/mol. The van der Waals surface area contributed by atoms with Gasteiger partial charge in [0.05, 0.1) is 0 Å². The second kappa shape index (κ2) is 3.79. The quantitative estimate of drug-likeness (QED) is 0.445. The fraction of sp³-hybridized carbons (Fsp3) is 1.00. The Balaban J connectivity index is 4.92. The molecule has 0 bridgehead atoms. The van der Waals surface area contributed by atoms with Crippen LogP contribution in [-0.2, 0) is 4.57 Å². The minimum Gasteiger partial charge on any atom is -0.298 e. The molecule has 1 nitrogen and oxygen atoms in total. The molecule has 11 heavy (non-hydrogen) atoms. The van der Waals surface area contributed by atoms with E-state index in [-0.39, 0.29) is 0 Å². The highest BCUT2D eigenvalue weighted by Crippen LogP contribution is 2.79. The Labute approximate surface area is 98.3 Å². The van der Waals surface area contributed by atoms with Crippen molar-refractivity contribution >= 4 is 87.3 Å². The summed E-state index contributed by atoms with van der Waals surface area (Å²) in [7, 11) is 0. The lowest BCUT2D eigenvalue weighted by Crippen LogP contribution is -2.12. The fourth-order valence-electron chi connectivity index (χ4n) is 0.144. The van der Waals surface area contributed by atoms with Crippen molar-refractivity contribution in [3.8, 4) is 0 Å². The van der Waals surface area contributed by atoms with Crippen LogP contribution in [-0.4, -0.2) is 7.07 Å². The summed E-state index contributed by atoms with van der Waals surface area (Å²) < 4.78 is 6.67. The minimum absolute atomic E-state index is 2.28. The maximum Gasteiger partial charge on any atom is 0.267 e. The predicted octanol–water partition coefficient (Wildman–Crippen LogP) is 5.16. The fourth-order valence-corrected chi connectivity index (χ4v) is 3.88. The molecule has 0 amide bonds. The van der Waals surface area contributed by atoms with Crippen LogP contribution in [0.3, 0.4) is 0 Å². The second-order valence-electron chi connectivity index (χ2n) is 1.47. The molecule has 0 fully saturated rings. The molecule has 68 valence electrons. The van der Waals surface area contributed by atoms with E-state index >= 15 is 0 Å². The van der Waals surface area contributed by atoms with Crippen LogP contribution in [0.25, 0.3) is 0 Å². The SMILES string of the molecule is O=P(Cl)(C(Cl)(Cl)Cl)C(Cl)(Cl)Cl. The van der Waals surface area contributed by atoms with E-state index < -0.39 is 13.6 Å². The van der Waals surface area contributed by atoms with Gasteiger partial charge in [-0.25, -0.2) is 0 Å². The second-order valence-corrected chi connectivity index (χ2v) is 11.4. The topological polar surface area (TPSA) is 17.1 Å².